The summed E-state index contributed by atoms with van der Waals surface area (Å²) in [5.41, 5.74) is 0.922. The van der Waals surface area contributed by atoms with Gasteiger partial charge in [-0.3, -0.25) is 0 Å². The van der Waals surface area contributed by atoms with Crippen molar-refractivity contribution in [3.8, 4) is 0 Å². The van der Waals surface area contributed by atoms with Crippen molar-refractivity contribution in [2.45, 2.75) is 11.8 Å². The second-order valence-corrected chi connectivity index (χ2v) is 6.24. The molecule has 0 aromatic heterocycles. The zero-order valence-corrected chi connectivity index (χ0v) is 11.9. The molecule has 0 radical (unpaired) electrons. The molecule has 2 N–H and O–H groups in total. The number of hydrogen-bond donors (Lipinski definition) is 2. The number of nitrogens with one attached hydrogen (secondary N) is 2. The van der Waals surface area contributed by atoms with E-state index in [0.717, 1.165) is 25.3 Å². The van der Waals surface area contributed by atoms with E-state index in [1.807, 2.05) is 0 Å². The highest BCUT2D eigenvalue weighted by molar-refractivity contribution is 7.89. The highest BCUT2D eigenvalue weighted by Crippen LogP contribution is 2.16. The summed E-state index contributed by atoms with van der Waals surface area (Å²) in [6.07, 6.45) is 0. The summed E-state index contributed by atoms with van der Waals surface area (Å²) in [4.78, 5) is 0.310. The van der Waals surface area contributed by atoms with E-state index in [-0.39, 0.29) is 0 Å². The highest BCUT2D eigenvalue weighted by atomic mass is 32.2. The lowest BCUT2D eigenvalue weighted by Crippen LogP contribution is -2.22. The van der Waals surface area contributed by atoms with E-state index in [9.17, 15) is 8.42 Å². The molecule has 1 rings (SSSR count). The van der Waals surface area contributed by atoms with Crippen LogP contribution in [0.4, 0.5) is 5.69 Å². The quantitative estimate of drug-likeness (QED) is 0.725. The Kier molecular flexibility index (Phi) is 5.58. The fourth-order valence-electron chi connectivity index (χ4n) is 1.43. The molecule has 0 fully saturated rings. The molecule has 6 heteroatoms. The zero-order valence-electron chi connectivity index (χ0n) is 11.1. The SMILES string of the molecule is CCNCCNc1ccc(S(=O)(=O)N(C)C)cc1. The maximum atomic E-state index is 11.8. The van der Waals surface area contributed by atoms with Crippen LogP contribution in [0.25, 0.3) is 0 Å². The van der Waals surface area contributed by atoms with Gasteiger partial charge in [-0.25, -0.2) is 12.7 Å². The third-order valence-electron chi connectivity index (χ3n) is 2.51. The minimum atomic E-state index is -3.33. The van der Waals surface area contributed by atoms with Gasteiger partial charge in [0, 0.05) is 32.9 Å². The molecule has 1 aromatic rings. The molecule has 0 aliphatic rings. The van der Waals surface area contributed by atoms with Crippen LogP contribution < -0.4 is 10.6 Å². The Morgan fingerprint density at radius 2 is 1.72 bits per heavy atom. The molecule has 0 aliphatic carbocycles. The van der Waals surface area contributed by atoms with Crippen molar-refractivity contribution in [1.82, 2.24) is 9.62 Å². The molecule has 102 valence electrons. The maximum absolute atomic E-state index is 11.8. The van der Waals surface area contributed by atoms with Gasteiger partial charge >= 0.3 is 0 Å². The summed E-state index contributed by atoms with van der Waals surface area (Å²) < 4.78 is 24.9. The van der Waals surface area contributed by atoms with Gasteiger partial charge in [0.25, 0.3) is 0 Å². The van der Waals surface area contributed by atoms with Crippen molar-refractivity contribution >= 4 is 15.7 Å². The molecule has 0 heterocycles. The Balaban J connectivity index is 2.63. The Labute approximate surface area is 109 Å². The van der Waals surface area contributed by atoms with Gasteiger partial charge in [0.2, 0.25) is 10.0 Å². The second kappa shape index (κ2) is 6.72. The van der Waals surface area contributed by atoms with E-state index in [0.29, 0.717) is 4.90 Å². The molecular formula is C12H21N3O2S. The van der Waals surface area contributed by atoms with Crippen LogP contribution in [0.5, 0.6) is 0 Å². The van der Waals surface area contributed by atoms with Crippen LogP contribution in [-0.4, -0.2) is 46.5 Å². The number of benzene rings is 1. The van der Waals surface area contributed by atoms with Gasteiger partial charge in [-0.15, -0.1) is 0 Å². The van der Waals surface area contributed by atoms with Crippen molar-refractivity contribution in [2.75, 3.05) is 39.0 Å². The summed E-state index contributed by atoms with van der Waals surface area (Å²) in [6, 6.07) is 6.79. The first kappa shape index (κ1) is 14.9. The Hall–Kier alpha value is -1.11. The average molecular weight is 271 g/mol. The van der Waals surface area contributed by atoms with Crippen molar-refractivity contribution in [3.63, 3.8) is 0 Å². The fraction of sp³-hybridized carbons (Fsp3) is 0.500. The van der Waals surface area contributed by atoms with Gasteiger partial charge in [-0.05, 0) is 30.8 Å². The Morgan fingerprint density at radius 1 is 1.11 bits per heavy atom. The van der Waals surface area contributed by atoms with Crippen LogP contribution in [0.15, 0.2) is 29.2 Å². The Bertz CT molecular complexity index is 455. The second-order valence-electron chi connectivity index (χ2n) is 4.09. The number of anilines is 1. The molecule has 5 nitrogen and oxygen atoms in total. The van der Waals surface area contributed by atoms with E-state index in [2.05, 4.69) is 17.6 Å². The first-order chi connectivity index (χ1) is 8.48. The number of nitrogens with zero attached hydrogens (tertiary/aromatic N) is 1. The summed E-state index contributed by atoms with van der Waals surface area (Å²) >= 11 is 0. The number of hydrogen-bond acceptors (Lipinski definition) is 4. The lowest BCUT2D eigenvalue weighted by atomic mass is 10.3. The van der Waals surface area contributed by atoms with Crippen molar-refractivity contribution in [2.24, 2.45) is 0 Å². The van der Waals surface area contributed by atoms with Crippen LogP contribution in [0, 0.1) is 0 Å². The van der Waals surface area contributed by atoms with Crippen LogP contribution in [0.1, 0.15) is 6.92 Å². The zero-order chi connectivity index (χ0) is 13.6. The van der Waals surface area contributed by atoms with Gasteiger partial charge < -0.3 is 10.6 Å². The van der Waals surface area contributed by atoms with Gasteiger partial charge in [-0.2, -0.15) is 0 Å². The van der Waals surface area contributed by atoms with Gasteiger partial charge in [0.1, 0.15) is 0 Å². The molecule has 0 bridgehead atoms. The molecule has 0 saturated carbocycles. The van der Waals surface area contributed by atoms with E-state index in [1.165, 1.54) is 18.4 Å². The van der Waals surface area contributed by atoms with Crippen molar-refractivity contribution in [3.05, 3.63) is 24.3 Å². The van der Waals surface area contributed by atoms with Crippen LogP contribution in [0.3, 0.4) is 0 Å². The molecule has 0 saturated heterocycles. The van der Waals surface area contributed by atoms with Crippen LogP contribution in [0.2, 0.25) is 0 Å². The first-order valence-electron chi connectivity index (χ1n) is 5.95. The normalized spacial score (nSPS) is 11.8. The molecule has 18 heavy (non-hydrogen) atoms. The number of sulfonamides is 1. The molecule has 0 spiro atoms. The predicted octanol–water partition coefficient (Wildman–Crippen LogP) is 0.958. The van der Waals surface area contributed by atoms with Gasteiger partial charge in [0.15, 0.2) is 0 Å². The maximum Gasteiger partial charge on any atom is 0.242 e. The van der Waals surface area contributed by atoms with Crippen molar-refractivity contribution in [1.29, 1.82) is 0 Å². The van der Waals surface area contributed by atoms with Crippen LogP contribution >= 0.6 is 0 Å². The minimum Gasteiger partial charge on any atom is -0.384 e. The largest absolute Gasteiger partial charge is 0.384 e. The lowest BCUT2D eigenvalue weighted by Gasteiger charge is -2.12. The molecule has 0 unspecified atom stereocenters. The average Bonchev–Trinajstić information content (AvgIpc) is 2.35. The van der Waals surface area contributed by atoms with Gasteiger partial charge in [-0.1, -0.05) is 6.92 Å². The van der Waals surface area contributed by atoms with E-state index < -0.39 is 10.0 Å². The minimum absolute atomic E-state index is 0.310. The standard InChI is InChI=1S/C12H21N3O2S/c1-4-13-9-10-14-11-5-7-12(8-6-11)18(16,17)15(2)3/h5-8,13-14H,4,9-10H2,1-3H3. The Morgan fingerprint density at radius 3 is 2.22 bits per heavy atom. The third kappa shape index (κ3) is 3.97. The fourth-order valence-corrected chi connectivity index (χ4v) is 2.33. The molecule has 0 atom stereocenters. The van der Waals surface area contributed by atoms with E-state index >= 15 is 0 Å². The van der Waals surface area contributed by atoms with Crippen LogP contribution in [-0.2, 0) is 10.0 Å². The first-order valence-corrected chi connectivity index (χ1v) is 7.39. The van der Waals surface area contributed by atoms with E-state index in [4.69, 9.17) is 0 Å². The third-order valence-corrected chi connectivity index (χ3v) is 4.34. The monoisotopic (exact) mass is 271 g/mol. The van der Waals surface area contributed by atoms with Gasteiger partial charge in [0.05, 0.1) is 4.90 Å². The predicted molar refractivity (Wildman–Crippen MR) is 74.3 cm³/mol. The molecule has 0 aliphatic heterocycles. The smallest absolute Gasteiger partial charge is 0.242 e. The molecular weight excluding hydrogens is 250 g/mol. The molecule has 1 aromatic carbocycles. The van der Waals surface area contributed by atoms with Crippen molar-refractivity contribution < 1.29 is 8.42 Å². The summed E-state index contributed by atoms with van der Waals surface area (Å²) in [5, 5.41) is 6.42. The molecule has 0 amide bonds. The summed E-state index contributed by atoms with van der Waals surface area (Å²) in [5.74, 6) is 0. The van der Waals surface area contributed by atoms with E-state index in [1.54, 1.807) is 24.3 Å². The lowest BCUT2D eigenvalue weighted by molar-refractivity contribution is 0.521. The topological polar surface area (TPSA) is 61.4 Å². The number of likely N-dealkylation sites (N-methyl/N-ethyl adjacent to an activating group) is 1. The number of rotatable bonds is 7. The highest BCUT2D eigenvalue weighted by Gasteiger charge is 2.16. The summed E-state index contributed by atoms with van der Waals surface area (Å²) in [7, 11) is -0.278. The summed E-state index contributed by atoms with van der Waals surface area (Å²) in [6.45, 7) is 4.70.